The number of fused-ring (bicyclic) bond motifs is 1. The Morgan fingerprint density at radius 3 is 2.54 bits per heavy atom. The van der Waals surface area contributed by atoms with Crippen molar-refractivity contribution in [3.8, 4) is 0 Å². The van der Waals surface area contributed by atoms with E-state index in [2.05, 4.69) is 20.4 Å². The smallest absolute Gasteiger partial charge is 0.332 e. The van der Waals surface area contributed by atoms with Crippen molar-refractivity contribution in [2.45, 2.75) is 78.4 Å². The van der Waals surface area contributed by atoms with Gasteiger partial charge in [0.2, 0.25) is 0 Å². The fraction of sp³-hybridized carbons (Fsp3) is 0.826. The molecule has 5 nitrogen and oxygen atoms in total. The molecule has 2 N–H and O–H groups in total. The van der Waals surface area contributed by atoms with Crippen LogP contribution in [0.5, 0.6) is 0 Å². The van der Waals surface area contributed by atoms with Gasteiger partial charge in [-0.15, -0.1) is 6.58 Å². The number of hydrogen-bond donors (Lipinski definition) is 2. The molecule has 28 heavy (non-hydrogen) atoms. The first-order valence-corrected chi connectivity index (χ1v) is 10.7. The Morgan fingerprint density at radius 1 is 1.29 bits per heavy atom. The van der Waals surface area contributed by atoms with Crippen molar-refractivity contribution in [2.75, 3.05) is 6.61 Å². The van der Waals surface area contributed by atoms with Crippen LogP contribution in [0.3, 0.4) is 0 Å². The monoisotopic (exact) mass is 392 g/mol. The maximum atomic E-state index is 12.0. The van der Waals surface area contributed by atoms with Crippen molar-refractivity contribution in [1.82, 2.24) is 0 Å². The number of Topliss-reactive ketones (excluding diaryl/α,β-unsaturated/α-hetero) is 1. The van der Waals surface area contributed by atoms with Gasteiger partial charge in [0.15, 0.2) is 0 Å². The number of carbonyl (C=O) groups excluding carboxylic acids is 2. The Morgan fingerprint density at radius 2 is 1.96 bits per heavy atom. The summed E-state index contributed by atoms with van der Waals surface area (Å²) in [6.07, 6.45) is 5.62. The third-order valence-electron chi connectivity index (χ3n) is 8.92. The van der Waals surface area contributed by atoms with Crippen molar-refractivity contribution >= 4 is 11.8 Å². The number of aliphatic hydroxyl groups excluding tert-OH is 2. The van der Waals surface area contributed by atoms with Crippen molar-refractivity contribution in [1.29, 1.82) is 0 Å². The average Bonchev–Trinajstić information content (AvgIpc) is 3.42. The highest BCUT2D eigenvalue weighted by atomic mass is 16.6. The van der Waals surface area contributed by atoms with Crippen molar-refractivity contribution in [3.63, 3.8) is 0 Å². The molecule has 0 amide bonds. The molecule has 0 radical (unpaired) electrons. The highest BCUT2D eigenvalue weighted by Crippen LogP contribution is 2.75. The molecule has 1 spiro atoms. The normalized spacial score (nSPS) is 47.3. The molecule has 0 aromatic carbocycles. The van der Waals surface area contributed by atoms with Crippen LogP contribution >= 0.6 is 0 Å². The SMILES string of the molecule is C=C[C@]1(C)C[C@@H](OC(=O)CO)[C@]23C[C@@H]2CC[C@@](CCC(C)=O)([C@H]3C)[C@@H](C)[C@@H]1O. The molecule has 3 rings (SSSR count). The Labute approximate surface area is 168 Å². The van der Waals surface area contributed by atoms with Gasteiger partial charge in [-0.05, 0) is 62.2 Å². The van der Waals surface area contributed by atoms with E-state index < -0.39 is 24.1 Å². The number of rotatable bonds is 6. The first kappa shape index (κ1) is 21.5. The van der Waals surface area contributed by atoms with Crippen LogP contribution in [0.1, 0.15) is 66.2 Å². The van der Waals surface area contributed by atoms with Gasteiger partial charge in [-0.2, -0.15) is 0 Å². The Bertz CT molecular complexity index is 659. The zero-order valence-corrected chi connectivity index (χ0v) is 17.7. The molecule has 0 aromatic heterocycles. The first-order valence-electron chi connectivity index (χ1n) is 10.7. The van der Waals surface area contributed by atoms with E-state index in [4.69, 9.17) is 4.74 Å². The fourth-order valence-corrected chi connectivity index (χ4v) is 6.88. The summed E-state index contributed by atoms with van der Waals surface area (Å²) in [5.41, 5.74) is -0.899. The molecule has 0 unspecified atom stereocenters. The highest BCUT2D eigenvalue weighted by Gasteiger charge is 2.72. The second-order valence-electron chi connectivity index (χ2n) is 9.99. The molecular weight excluding hydrogens is 356 g/mol. The van der Waals surface area contributed by atoms with Crippen LogP contribution < -0.4 is 0 Å². The molecule has 0 aromatic rings. The minimum absolute atomic E-state index is 0.0118. The molecule has 3 fully saturated rings. The summed E-state index contributed by atoms with van der Waals surface area (Å²) in [4.78, 5) is 23.9. The van der Waals surface area contributed by atoms with Gasteiger partial charge in [0.1, 0.15) is 18.5 Å². The minimum atomic E-state index is -0.637. The summed E-state index contributed by atoms with van der Waals surface area (Å²) in [5.74, 6) is 0.311. The van der Waals surface area contributed by atoms with Gasteiger partial charge in [-0.25, -0.2) is 4.79 Å². The van der Waals surface area contributed by atoms with Gasteiger partial charge in [0.05, 0.1) is 6.10 Å². The van der Waals surface area contributed by atoms with Crippen molar-refractivity contribution in [2.24, 2.45) is 34.0 Å². The first-order chi connectivity index (χ1) is 13.1. The number of carbonyl (C=O) groups is 2. The Hall–Kier alpha value is -1.20. The second-order valence-corrected chi connectivity index (χ2v) is 9.99. The van der Waals surface area contributed by atoms with E-state index >= 15 is 0 Å². The quantitative estimate of drug-likeness (QED) is 0.535. The largest absolute Gasteiger partial charge is 0.460 e. The second kappa shape index (κ2) is 7.24. The highest BCUT2D eigenvalue weighted by molar-refractivity contribution is 5.75. The maximum absolute atomic E-state index is 12.0. The summed E-state index contributed by atoms with van der Waals surface area (Å²) in [6.45, 7) is 11.3. The lowest BCUT2D eigenvalue weighted by atomic mass is 9.48. The van der Waals surface area contributed by atoms with E-state index in [9.17, 15) is 19.8 Å². The molecule has 8 atom stereocenters. The van der Waals surface area contributed by atoms with Crippen LogP contribution in [0.4, 0.5) is 0 Å². The average molecular weight is 393 g/mol. The third kappa shape index (κ3) is 3.06. The van der Waals surface area contributed by atoms with Crippen LogP contribution in [0, 0.1) is 34.0 Å². The number of hydrogen-bond acceptors (Lipinski definition) is 5. The third-order valence-corrected chi connectivity index (χ3v) is 8.92. The van der Waals surface area contributed by atoms with Crippen molar-refractivity contribution < 1.29 is 24.5 Å². The van der Waals surface area contributed by atoms with E-state index in [1.54, 1.807) is 13.0 Å². The zero-order chi connectivity index (χ0) is 20.9. The molecule has 0 heterocycles. The van der Waals surface area contributed by atoms with Crippen LogP contribution in [-0.4, -0.2) is 40.8 Å². The lowest BCUT2D eigenvalue weighted by Gasteiger charge is -2.58. The fourth-order valence-electron chi connectivity index (χ4n) is 6.88. The predicted molar refractivity (Wildman–Crippen MR) is 106 cm³/mol. The van der Waals surface area contributed by atoms with Gasteiger partial charge in [-0.3, -0.25) is 0 Å². The Kier molecular flexibility index (Phi) is 5.56. The van der Waals surface area contributed by atoms with Gasteiger partial charge in [-0.1, -0.05) is 26.8 Å². The van der Waals surface area contributed by atoms with E-state index in [0.29, 0.717) is 18.8 Å². The summed E-state index contributed by atoms with van der Waals surface area (Å²) < 4.78 is 5.81. The predicted octanol–water partition coefficient (Wildman–Crippen LogP) is 3.28. The summed E-state index contributed by atoms with van der Waals surface area (Å²) >= 11 is 0. The summed E-state index contributed by atoms with van der Waals surface area (Å²) in [6, 6.07) is 0. The number of ketones is 1. The maximum Gasteiger partial charge on any atom is 0.332 e. The molecule has 3 saturated carbocycles. The molecule has 2 bridgehead atoms. The lowest BCUT2D eigenvalue weighted by molar-refractivity contribution is -0.183. The Balaban J connectivity index is 2.09. The van der Waals surface area contributed by atoms with Crippen LogP contribution in [0.2, 0.25) is 0 Å². The standard InChI is InChI=1S/C23H36O5/c1-6-21(5)12-18(28-19(26)13-24)23-11-17(23)8-10-22(16(23)4,9-7-14(2)25)15(3)20(21)27/h6,15-18,20,24,27H,1,7-13H2,2-5H3/t15-,16+,17-,18+,20-,21+,22+,23-/m0/s1. The van der Waals surface area contributed by atoms with E-state index in [0.717, 1.165) is 25.7 Å². The molecule has 0 saturated heterocycles. The number of ether oxygens (including phenoxy) is 1. The van der Waals surface area contributed by atoms with Gasteiger partial charge < -0.3 is 19.7 Å². The molecule has 3 aliphatic rings. The number of esters is 1. The van der Waals surface area contributed by atoms with E-state index in [-0.39, 0.29) is 34.6 Å². The van der Waals surface area contributed by atoms with Crippen molar-refractivity contribution in [3.05, 3.63) is 12.7 Å². The van der Waals surface area contributed by atoms with Gasteiger partial charge in [0.25, 0.3) is 0 Å². The molecule has 158 valence electrons. The van der Waals surface area contributed by atoms with Crippen LogP contribution in [-0.2, 0) is 14.3 Å². The van der Waals surface area contributed by atoms with Gasteiger partial charge >= 0.3 is 5.97 Å². The zero-order valence-electron chi connectivity index (χ0n) is 17.7. The minimum Gasteiger partial charge on any atom is -0.460 e. The van der Waals surface area contributed by atoms with E-state index in [1.807, 2.05) is 6.92 Å². The molecule has 3 aliphatic carbocycles. The van der Waals surface area contributed by atoms with Gasteiger partial charge in [0, 0.05) is 17.3 Å². The molecule has 0 aliphatic heterocycles. The van der Waals surface area contributed by atoms with Crippen LogP contribution in [0.25, 0.3) is 0 Å². The number of aliphatic hydroxyl groups is 2. The summed E-state index contributed by atoms with van der Waals surface area (Å²) in [5, 5.41) is 20.7. The van der Waals surface area contributed by atoms with Crippen LogP contribution in [0.15, 0.2) is 12.7 Å². The van der Waals surface area contributed by atoms with E-state index in [1.165, 1.54) is 0 Å². The topological polar surface area (TPSA) is 83.8 Å². The molecular formula is C23H36O5. The summed E-state index contributed by atoms with van der Waals surface area (Å²) in [7, 11) is 0. The lowest BCUT2D eigenvalue weighted by Crippen LogP contribution is -2.57. The molecule has 5 heteroatoms.